The van der Waals surface area contributed by atoms with E-state index >= 15 is 0 Å². The molecule has 0 saturated heterocycles. The fourth-order valence-corrected chi connectivity index (χ4v) is 15.3. The molecule has 4 fully saturated rings. The molecule has 8 aromatic rings. The van der Waals surface area contributed by atoms with E-state index in [1.54, 1.807) is 11.1 Å². The normalized spacial score (nSPS) is 23.7. The Morgan fingerprint density at radius 3 is 1.46 bits per heavy atom. The first-order valence-corrected chi connectivity index (χ1v) is 24.4. The van der Waals surface area contributed by atoms with Crippen LogP contribution in [-0.4, -0.2) is 0 Å². The summed E-state index contributed by atoms with van der Waals surface area (Å²) in [7, 11) is 0. The van der Waals surface area contributed by atoms with Crippen molar-refractivity contribution in [1.82, 2.24) is 0 Å². The van der Waals surface area contributed by atoms with E-state index in [2.05, 4.69) is 209 Å². The zero-order valence-electron chi connectivity index (χ0n) is 38.0. The number of rotatable bonds is 5. The zero-order chi connectivity index (χ0) is 43.4. The first kappa shape index (κ1) is 37.9. The number of benzene rings is 8. The lowest BCUT2D eigenvalue weighted by Crippen LogP contribution is -2.55. The predicted octanol–water partition coefficient (Wildman–Crippen LogP) is 16.8. The Morgan fingerprint density at radius 2 is 0.800 bits per heavy atom. The molecule has 0 unspecified atom stereocenters. The maximum absolute atomic E-state index is 2.64. The van der Waals surface area contributed by atoms with Gasteiger partial charge in [0.2, 0.25) is 0 Å². The highest BCUT2D eigenvalue weighted by Gasteiger charge is 2.61. The first-order valence-electron chi connectivity index (χ1n) is 24.4. The Morgan fingerprint density at radius 1 is 0.338 bits per heavy atom. The number of hydrogen-bond acceptors (Lipinski definition) is 1. The second kappa shape index (κ2) is 13.3. The van der Waals surface area contributed by atoms with E-state index in [1.807, 2.05) is 0 Å². The molecule has 0 heterocycles. The maximum atomic E-state index is 2.64. The van der Waals surface area contributed by atoms with Crippen LogP contribution in [0.4, 0.5) is 17.1 Å². The summed E-state index contributed by atoms with van der Waals surface area (Å²) in [6.45, 7) is 9.54. The SMILES string of the molecule is CC1(C)c2ccccc2-c2ccc(-c3ccc(N(c4ccc(-c5cccc6c5C(C)(C)c5ccccc5-6)cc4)c4ccc5c(c4)C4(c6ccccc6-5)C5CC6CC(C5)CC4C6)cc3)cc21. The van der Waals surface area contributed by atoms with Gasteiger partial charge in [0.1, 0.15) is 0 Å². The fourth-order valence-electron chi connectivity index (χ4n) is 15.3. The van der Waals surface area contributed by atoms with Gasteiger partial charge in [-0.2, -0.15) is 0 Å². The van der Waals surface area contributed by atoms with E-state index in [-0.39, 0.29) is 16.2 Å². The maximum Gasteiger partial charge on any atom is 0.0465 e. The van der Waals surface area contributed by atoms with Crippen LogP contribution < -0.4 is 4.90 Å². The molecule has 4 bridgehead atoms. The molecule has 0 atom stereocenters. The van der Waals surface area contributed by atoms with Crippen molar-refractivity contribution >= 4 is 17.1 Å². The average Bonchev–Trinajstić information content (AvgIpc) is 3.85. The molecule has 8 aromatic carbocycles. The highest BCUT2D eigenvalue weighted by atomic mass is 15.1. The number of anilines is 3. The third kappa shape index (κ3) is 5.11. The molecule has 1 spiro atoms. The van der Waals surface area contributed by atoms with E-state index in [0.717, 1.165) is 23.7 Å². The van der Waals surface area contributed by atoms with Gasteiger partial charge in [-0.1, -0.05) is 161 Å². The Kier molecular flexibility index (Phi) is 7.77. The predicted molar refractivity (Wildman–Crippen MR) is 270 cm³/mol. The lowest BCUT2D eigenvalue weighted by atomic mass is 9.43. The van der Waals surface area contributed by atoms with Gasteiger partial charge in [0, 0.05) is 33.3 Å². The van der Waals surface area contributed by atoms with Crippen LogP contribution in [0.3, 0.4) is 0 Å². The van der Waals surface area contributed by atoms with Crippen LogP contribution in [0.5, 0.6) is 0 Å². The van der Waals surface area contributed by atoms with E-state index in [4.69, 9.17) is 0 Å². The van der Waals surface area contributed by atoms with Crippen molar-refractivity contribution in [1.29, 1.82) is 0 Å². The summed E-state index contributed by atoms with van der Waals surface area (Å²) in [5.41, 5.74) is 26.0. The van der Waals surface area contributed by atoms with Crippen LogP contribution in [0.2, 0.25) is 0 Å². The van der Waals surface area contributed by atoms with Crippen LogP contribution in [-0.2, 0) is 16.2 Å². The molecule has 0 aromatic heterocycles. The van der Waals surface area contributed by atoms with Gasteiger partial charge in [-0.05, 0) is 187 Å². The highest BCUT2D eigenvalue weighted by Crippen LogP contribution is 2.69. The quantitative estimate of drug-likeness (QED) is 0.167. The van der Waals surface area contributed by atoms with Gasteiger partial charge in [-0.15, -0.1) is 0 Å². The minimum Gasteiger partial charge on any atom is -0.310 e. The topological polar surface area (TPSA) is 3.24 Å². The lowest BCUT2D eigenvalue weighted by molar-refractivity contribution is -0.0399. The van der Waals surface area contributed by atoms with Crippen LogP contribution in [0.15, 0.2) is 176 Å². The van der Waals surface area contributed by atoms with Crippen molar-refractivity contribution < 1.29 is 0 Å². The molecular formula is C64H55N. The molecule has 0 N–H and O–H groups in total. The molecule has 15 rings (SSSR count). The van der Waals surface area contributed by atoms with Crippen molar-refractivity contribution in [2.24, 2.45) is 23.7 Å². The van der Waals surface area contributed by atoms with E-state index < -0.39 is 0 Å². The van der Waals surface area contributed by atoms with E-state index in [0.29, 0.717) is 0 Å². The van der Waals surface area contributed by atoms with Crippen molar-refractivity contribution in [3.63, 3.8) is 0 Å². The van der Waals surface area contributed by atoms with Crippen LogP contribution in [0, 0.1) is 23.7 Å². The summed E-state index contributed by atoms with van der Waals surface area (Å²) in [5.74, 6) is 3.26. The molecule has 4 saturated carbocycles. The molecule has 65 heavy (non-hydrogen) atoms. The van der Waals surface area contributed by atoms with Crippen LogP contribution in [0.25, 0.3) is 55.6 Å². The summed E-state index contributed by atoms with van der Waals surface area (Å²) >= 11 is 0. The van der Waals surface area contributed by atoms with Gasteiger partial charge >= 0.3 is 0 Å². The minimum absolute atomic E-state index is 0.0355. The Bertz CT molecular complexity index is 3240. The molecular weight excluding hydrogens is 783 g/mol. The van der Waals surface area contributed by atoms with E-state index in [9.17, 15) is 0 Å². The van der Waals surface area contributed by atoms with Gasteiger partial charge in [0.15, 0.2) is 0 Å². The third-order valence-corrected chi connectivity index (χ3v) is 17.9. The molecule has 0 amide bonds. The Balaban J connectivity index is 0.897. The zero-order valence-corrected chi connectivity index (χ0v) is 38.0. The van der Waals surface area contributed by atoms with Gasteiger partial charge in [0.05, 0.1) is 0 Å². The fraction of sp³-hybridized carbons (Fsp3) is 0.250. The second-order valence-electron chi connectivity index (χ2n) is 21.7. The monoisotopic (exact) mass is 837 g/mol. The van der Waals surface area contributed by atoms with Crippen molar-refractivity contribution in [2.45, 2.75) is 76.0 Å². The molecule has 1 nitrogen and oxygen atoms in total. The molecule has 0 aliphatic heterocycles. The standard InChI is InChI=1S/C64H55N/c1-62(2)56-17-8-5-12-50(56)53-30-24-43(37-59(53)62)41-20-25-46(26-21-41)65(47-27-22-42(23-28-47)49-15-11-16-55-52-14-6-9-18-57(52)63(3,4)61(49)55)48-29-31-54-51-13-7-10-19-58(51)64(60(54)38-48)44-33-39-32-40(35-44)36-45(64)34-39/h5-31,37-40,44-45H,32-36H2,1-4H3. The number of fused-ring (bicyclic) bond motifs is 9. The molecule has 1 heteroatoms. The molecule has 7 aliphatic carbocycles. The van der Waals surface area contributed by atoms with Gasteiger partial charge in [-0.25, -0.2) is 0 Å². The van der Waals surface area contributed by atoms with Crippen LogP contribution >= 0.6 is 0 Å². The molecule has 7 aliphatic rings. The summed E-state index contributed by atoms with van der Waals surface area (Å²) in [6.07, 6.45) is 7.00. The summed E-state index contributed by atoms with van der Waals surface area (Å²) in [4.78, 5) is 2.54. The smallest absolute Gasteiger partial charge is 0.0465 e. The van der Waals surface area contributed by atoms with Crippen LogP contribution in [0.1, 0.15) is 93.2 Å². The number of nitrogens with zero attached hydrogens (tertiary/aromatic N) is 1. The Hall–Kier alpha value is -6.44. The van der Waals surface area contributed by atoms with Gasteiger partial charge < -0.3 is 4.90 Å². The molecule has 316 valence electrons. The van der Waals surface area contributed by atoms with E-state index in [1.165, 1.54) is 127 Å². The minimum atomic E-state index is -0.0799. The largest absolute Gasteiger partial charge is 0.310 e. The third-order valence-electron chi connectivity index (χ3n) is 17.9. The van der Waals surface area contributed by atoms with Crippen molar-refractivity contribution in [3.8, 4) is 55.6 Å². The van der Waals surface area contributed by atoms with Gasteiger partial charge in [-0.3, -0.25) is 0 Å². The highest BCUT2D eigenvalue weighted by molar-refractivity contribution is 5.91. The average molecular weight is 838 g/mol. The second-order valence-corrected chi connectivity index (χ2v) is 21.7. The lowest BCUT2D eigenvalue weighted by Gasteiger charge is -2.61. The van der Waals surface area contributed by atoms with Gasteiger partial charge in [0.25, 0.3) is 0 Å². The first-order chi connectivity index (χ1) is 31.7. The summed E-state index contributed by atoms with van der Waals surface area (Å²) < 4.78 is 0. The summed E-state index contributed by atoms with van der Waals surface area (Å²) in [6, 6.07) is 67.9. The number of hydrogen-bond donors (Lipinski definition) is 0. The molecule has 0 radical (unpaired) electrons. The summed E-state index contributed by atoms with van der Waals surface area (Å²) in [5, 5.41) is 0. The van der Waals surface area contributed by atoms with Crippen molar-refractivity contribution in [2.75, 3.05) is 4.90 Å². The van der Waals surface area contributed by atoms with Crippen molar-refractivity contribution in [3.05, 3.63) is 209 Å². The Labute approximate surface area is 384 Å².